The minimum absolute atomic E-state index is 0.211. The van der Waals surface area contributed by atoms with Crippen molar-refractivity contribution in [1.82, 2.24) is 4.98 Å². The van der Waals surface area contributed by atoms with E-state index in [0.29, 0.717) is 0 Å². The second-order valence-corrected chi connectivity index (χ2v) is 3.18. The average Bonchev–Trinajstić information content (AvgIpc) is 2.44. The monoisotopic (exact) mass is 164 g/mol. The van der Waals surface area contributed by atoms with Gasteiger partial charge in [0.25, 0.3) is 0 Å². The normalized spacial score (nSPS) is 21.2. The smallest absolute Gasteiger partial charge is 0.131 e. The lowest BCUT2D eigenvalue weighted by Gasteiger charge is -2.09. The summed E-state index contributed by atoms with van der Waals surface area (Å²) in [7, 11) is 2.00. The Morgan fingerprint density at radius 1 is 1.75 bits per heavy atom. The van der Waals surface area contributed by atoms with E-state index in [1.807, 2.05) is 19.2 Å². The van der Waals surface area contributed by atoms with Crippen molar-refractivity contribution < 1.29 is 5.11 Å². The van der Waals surface area contributed by atoms with Crippen molar-refractivity contribution in [2.45, 2.75) is 5.92 Å². The first-order valence-corrected chi connectivity index (χ1v) is 4.10. The van der Waals surface area contributed by atoms with Crippen molar-refractivity contribution in [1.29, 1.82) is 0 Å². The Morgan fingerprint density at radius 3 is 3.33 bits per heavy atom. The molecule has 1 aromatic rings. The fourth-order valence-corrected chi connectivity index (χ4v) is 1.72. The molecule has 12 heavy (non-hydrogen) atoms. The molecule has 1 aliphatic heterocycles. The second-order valence-electron chi connectivity index (χ2n) is 3.18. The highest BCUT2D eigenvalue weighted by atomic mass is 16.3. The summed E-state index contributed by atoms with van der Waals surface area (Å²) in [4.78, 5) is 6.33. The number of hydrogen-bond donors (Lipinski definition) is 1. The summed E-state index contributed by atoms with van der Waals surface area (Å²) in [6.45, 7) is 1.09. The summed E-state index contributed by atoms with van der Waals surface area (Å²) in [5.41, 5.74) is 1.17. The van der Waals surface area contributed by atoms with Crippen LogP contribution in [0.1, 0.15) is 11.5 Å². The number of likely N-dealkylation sites (N-methyl/N-ethyl adjacent to an activating group) is 1. The van der Waals surface area contributed by atoms with Crippen LogP contribution in [0.3, 0.4) is 0 Å². The number of aromatic nitrogens is 1. The molecule has 1 N–H and O–H groups in total. The third-order valence-electron chi connectivity index (χ3n) is 2.33. The first-order valence-electron chi connectivity index (χ1n) is 4.10. The van der Waals surface area contributed by atoms with E-state index in [1.165, 1.54) is 5.56 Å². The van der Waals surface area contributed by atoms with Crippen LogP contribution in [0.2, 0.25) is 0 Å². The van der Waals surface area contributed by atoms with Crippen LogP contribution in [0, 0.1) is 0 Å². The number of hydrogen-bond acceptors (Lipinski definition) is 3. The Bertz CT molecular complexity index is 288. The fraction of sp³-hybridized carbons (Fsp3) is 0.444. The molecule has 64 valence electrons. The minimum atomic E-state index is 0.211. The molecule has 0 spiro atoms. The minimum Gasteiger partial charge on any atom is -0.396 e. The van der Waals surface area contributed by atoms with Gasteiger partial charge in [-0.05, 0) is 6.07 Å². The standard InChI is InChI=1S/C9H12N2O/c1-11-5-7(6-12)8-3-2-4-10-9(8)11/h2-4,7,12H,5-6H2,1H3. The topological polar surface area (TPSA) is 36.4 Å². The highest BCUT2D eigenvalue weighted by Gasteiger charge is 2.25. The largest absolute Gasteiger partial charge is 0.396 e. The number of aliphatic hydroxyl groups excluding tert-OH is 1. The van der Waals surface area contributed by atoms with Gasteiger partial charge in [-0.1, -0.05) is 6.07 Å². The molecule has 0 bridgehead atoms. The van der Waals surface area contributed by atoms with Crippen LogP contribution in [0.25, 0.3) is 0 Å². The maximum atomic E-state index is 9.08. The lowest BCUT2D eigenvalue weighted by Crippen LogP contribution is -2.17. The van der Waals surface area contributed by atoms with E-state index in [2.05, 4.69) is 9.88 Å². The van der Waals surface area contributed by atoms with E-state index in [9.17, 15) is 0 Å². The first-order chi connectivity index (χ1) is 5.83. The highest BCUT2D eigenvalue weighted by molar-refractivity contribution is 5.53. The quantitative estimate of drug-likeness (QED) is 0.660. The zero-order chi connectivity index (χ0) is 8.55. The van der Waals surface area contributed by atoms with Crippen molar-refractivity contribution >= 4 is 5.82 Å². The molecule has 1 aliphatic rings. The molecule has 1 aromatic heterocycles. The number of pyridine rings is 1. The molecule has 0 saturated carbocycles. The van der Waals surface area contributed by atoms with Gasteiger partial charge in [0.05, 0.1) is 6.61 Å². The van der Waals surface area contributed by atoms with Gasteiger partial charge in [0, 0.05) is 31.3 Å². The van der Waals surface area contributed by atoms with Crippen LogP contribution in [-0.4, -0.2) is 30.3 Å². The van der Waals surface area contributed by atoms with Gasteiger partial charge in [0.2, 0.25) is 0 Å². The maximum absolute atomic E-state index is 9.08. The molecule has 0 aliphatic carbocycles. The van der Waals surface area contributed by atoms with Gasteiger partial charge in [-0.3, -0.25) is 0 Å². The van der Waals surface area contributed by atoms with E-state index in [-0.39, 0.29) is 12.5 Å². The molecular weight excluding hydrogens is 152 g/mol. The van der Waals surface area contributed by atoms with Gasteiger partial charge in [0.1, 0.15) is 5.82 Å². The molecule has 2 heterocycles. The lowest BCUT2D eigenvalue weighted by atomic mass is 10.1. The Balaban J connectivity index is 2.43. The van der Waals surface area contributed by atoms with Crippen LogP contribution >= 0.6 is 0 Å². The summed E-state index contributed by atoms with van der Waals surface area (Å²) < 4.78 is 0. The summed E-state index contributed by atoms with van der Waals surface area (Å²) in [5, 5.41) is 9.08. The molecule has 3 nitrogen and oxygen atoms in total. The van der Waals surface area contributed by atoms with Gasteiger partial charge >= 0.3 is 0 Å². The summed E-state index contributed by atoms with van der Waals surface area (Å²) in [5.74, 6) is 1.26. The van der Waals surface area contributed by atoms with E-state index < -0.39 is 0 Å². The van der Waals surface area contributed by atoms with E-state index >= 15 is 0 Å². The third kappa shape index (κ3) is 0.975. The van der Waals surface area contributed by atoms with Gasteiger partial charge in [0.15, 0.2) is 0 Å². The van der Waals surface area contributed by atoms with Crippen molar-refractivity contribution in [2.75, 3.05) is 25.1 Å². The number of aliphatic hydroxyl groups is 1. The number of rotatable bonds is 1. The van der Waals surface area contributed by atoms with Crippen molar-refractivity contribution in [3.63, 3.8) is 0 Å². The van der Waals surface area contributed by atoms with Gasteiger partial charge in [-0.15, -0.1) is 0 Å². The average molecular weight is 164 g/mol. The Morgan fingerprint density at radius 2 is 2.58 bits per heavy atom. The predicted octanol–water partition coefficient (Wildman–Crippen LogP) is 0.607. The van der Waals surface area contributed by atoms with Crippen molar-refractivity contribution in [2.24, 2.45) is 0 Å². The second kappa shape index (κ2) is 2.75. The molecule has 0 aromatic carbocycles. The maximum Gasteiger partial charge on any atom is 0.131 e. The van der Waals surface area contributed by atoms with Crippen molar-refractivity contribution in [3.8, 4) is 0 Å². The summed E-state index contributed by atoms with van der Waals surface area (Å²) >= 11 is 0. The molecule has 2 rings (SSSR count). The first kappa shape index (κ1) is 7.55. The van der Waals surface area contributed by atoms with Gasteiger partial charge in [-0.2, -0.15) is 0 Å². The Labute approximate surface area is 71.7 Å². The van der Waals surface area contributed by atoms with Crippen molar-refractivity contribution in [3.05, 3.63) is 23.9 Å². The molecule has 1 atom stereocenters. The van der Waals surface area contributed by atoms with E-state index in [4.69, 9.17) is 5.11 Å². The molecule has 0 saturated heterocycles. The molecule has 0 radical (unpaired) electrons. The Hall–Kier alpha value is -1.09. The molecule has 3 heteroatoms. The summed E-state index contributed by atoms with van der Waals surface area (Å²) in [6, 6.07) is 3.95. The molecule has 0 amide bonds. The molecular formula is C9H12N2O. The SMILES string of the molecule is CN1CC(CO)c2cccnc21. The van der Waals surface area contributed by atoms with Crippen LogP contribution in [-0.2, 0) is 0 Å². The highest BCUT2D eigenvalue weighted by Crippen LogP contribution is 2.32. The summed E-state index contributed by atoms with van der Waals surface area (Å²) in [6.07, 6.45) is 1.79. The van der Waals surface area contributed by atoms with E-state index in [0.717, 1.165) is 12.4 Å². The van der Waals surface area contributed by atoms with Crippen LogP contribution in [0.4, 0.5) is 5.82 Å². The molecule has 0 fully saturated rings. The van der Waals surface area contributed by atoms with Crippen LogP contribution < -0.4 is 4.90 Å². The fourth-order valence-electron chi connectivity index (χ4n) is 1.72. The third-order valence-corrected chi connectivity index (χ3v) is 2.33. The number of fused-ring (bicyclic) bond motifs is 1. The lowest BCUT2D eigenvalue weighted by molar-refractivity contribution is 0.271. The molecule has 1 unspecified atom stereocenters. The van der Waals surface area contributed by atoms with Gasteiger partial charge in [-0.25, -0.2) is 4.98 Å². The Kier molecular flexibility index (Phi) is 1.73. The zero-order valence-corrected chi connectivity index (χ0v) is 7.07. The van der Waals surface area contributed by atoms with Crippen LogP contribution in [0.5, 0.6) is 0 Å². The zero-order valence-electron chi connectivity index (χ0n) is 7.07. The van der Waals surface area contributed by atoms with E-state index in [1.54, 1.807) is 6.20 Å². The number of nitrogens with zero attached hydrogens (tertiary/aromatic N) is 2. The number of anilines is 1. The van der Waals surface area contributed by atoms with Crippen LogP contribution in [0.15, 0.2) is 18.3 Å². The predicted molar refractivity (Wildman–Crippen MR) is 47.3 cm³/mol. The van der Waals surface area contributed by atoms with Gasteiger partial charge < -0.3 is 10.0 Å².